The van der Waals surface area contributed by atoms with E-state index in [0.29, 0.717) is 11.7 Å². The normalized spacial score (nSPS) is 14.7. The van der Waals surface area contributed by atoms with Gasteiger partial charge in [0.2, 0.25) is 0 Å². The summed E-state index contributed by atoms with van der Waals surface area (Å²) < 4.78 is 2.01. The summed E-state index contributed by atoms with van der Waals surface area (Å²) in [7, 11) is 0. The second kappa shape index (κ2) is 7.85. The van der Waals surface area contributed by atoms with Gasteiger partial charge in [0.15, 0.2) is 0 Å². The predicted molar refractivity (Wildman–Crippen MR) is 79.2 cm³/mol. The minimum Gasteiger partial charge on any atom is -0.392 e. The molecule has 4 heteroatoms. The molecule has 0 aliphatic heterocycles. The first-order valence-electron chi connectivity index (χ1n) is 6.95. The van der Waals surface area contributed by atoms with Crippen LogP contribution in [0.15, 0.2) is 6.07 Å². The number of nitrogens with zero attached hydrogens (tertiary/aromatic N) is 2. The molecule has 2 atom stereocenters. The van der Waals surface area contributed by atoms with Crippen LogP contribution in [-0.4, -0.2) is 32.0 Å². The number of aliphatic hydroxyl groups excluding tert-OH is 1. The number of thioether (sulfide) groups is 1. The van der Waals surface area contributed by atoms with Crippen LogP contribution in [0.4, 0.5) is 0 Å². The van der Waals surface area contributed by atoms with Crippen LogP contribution in [0.3, 0.4) is 0 Å². The topological polar surface area (TPSA) is 38.0 Å². The number of hydrogen-bond acceptors (Lipinski definition) is 3. The highest BCUT2D eigenvalue weighted by Gasteiger charge is 2.12. The highest BCUT2D eigenvalue weighted by atomic mass is 32.2. The first-order chi connectivity index (χ1) is 8.60. The van der Waals surface area contributed by atoms with Crippen molar-refractivity contribution in [3.63, 3.8) is 0 Å². The van der Waals surface area contributed by atoms with Crippen molar-refractivity contribution in [3.05, 3.63) is 17.5 Å². The Morgan fingerprint density at radius 2 is 2.11 bits per heavy atom. The maximum absolute atomic E-state index is 10.1. The van der Waals surface area contributed by atoms with Crippen molar-refractivity contribution in [2.24, 2.45) is 0 Å². The minimum absolute atomic E-state index is 0.268. The van der Waals surface area contributed by atoms with Crippen molar-refractivity contribution in [1.29, 1.82) is 0 Å². The molecule has 0 aliphatic rings. The van der Waals surface area contributed by atoms with E-state index in [-0.39, 0.29) is 6.10 Å². The Labute approximate surface area is 115 Å². The molecule has 1 heterocycles. The van der Waals surface area contributed by atoms with Crippen LogP contribution in [0.1, 0.15) is 45.5 Å². The average Bonchev–Trinajstić information content (AvgIpc) is 2.78. The quantitative estimate of drug-likeness (QED) is 0.789. The van der Waals surface area contributed by atoms with Gasteiger partial charge in [0.1, 0.15) is 0 Å². The number of aromatic nitrogens is 2. The Bertz CT molecular complexity index is 352. The standard InChI is InChI=1S/C14H26N2OS/c1-5-11(4)18-10-14(17)9-13-8-12(6-2)15-16(13)7-3/h8,11,14,17H,5-7,9-10H2,1-4H3. The summed E-state index contributed by atoms with van der Waals surface area (Å²) in [6.07, 6.45) is 2.56. The average molecular weight is 270 g/mol. The molecule has 104 valence electrons. The van der Waals surface area contributed by atoms with Crippen molar-refractivity contribution in [3.8, 4) is 0 Å². The molecule has 0 amide bonds. The third-order valence-electron chi connectivity index (χ3n) is 3.17. The van der Waals surface area contributed by atoms with E-state index in [4.69, 9.17) is 0 Å². The van der Waals surface area contributed by atoms with E-state index in [1.54, 1.807) is 0 Å². The maximum atomic E-state index is 10.1. The fourth-order valence-corrected chi connectivity index (χ4v) is 2.72. The minimum atomic E-state index is -0.268. The summed E-state index contributed by atoms with van der Waals surface area (Å²) >= 11 is 1.85. The van der Waals surface area contributed by atoms with Gasteiger partial charge in [-0.05, 0) is 25.8 Å². The smallest absolute Gasteiger partial charge is 0.0685 e. The summed E-state index contributed by atoms with van der Waals surface area (Å²) in [5.41, 5.74) is 2.28. The Morgan fingerprint density at radius 3 is 2.67 bits per heavy atom. The van der Waals surface area contributed by atoms with E-state index in [1.165, 1.54) is 0 Å². The number of hydrogen-bond donors (Lipinski definition) is 1. The second-order valence-electron chi connectivity index (χ2n) is 4.71. The van der Waals surface area contributed by atoms with E-state index in [0.717, 1.165) is 36.5 Å². The van der Waals surface area contributed by atoms with Crippen molar-refractivity contribution in [2.45, 2.75) is 64.9 Å². The van der Waals surface area contributed by atoms with E-state index >= 15 is 0 Å². The van der Waals surface area contributed by atoms with Gasteiger partial charge in [0.25, 0.3) is 0 Å². The van der Waals surface area contributed by atoms with Crippen LogP contribution >= 0.6 is 11.8 Å². The van der Waals surface area contributed by atoms with Gasteiger partial charge in [-0.15, -0.1) is 0 Å². The highest BCUT2D eigenvalue weighted by molar-refractivity contribution is 7.99. The van der Waals surface area contributed by atoms with Crippen molar-refractivity contribution in [1.82, 2.24) is 9.78 Å². The molecule has 0 saturated carbocycles. The van der Waals surface area contributed by atoms with Gasteiger partial charge in [-0.1, -0.05) is 20.8 Å². The number of rotatable bonds is 8. The van der Waals surface area contributed by atoms with E-state index in [2.05, 4.69) is 38.9 Å². The lowest BCUT2D eigenvalue weighted by molar-refractivity contribution is 0.197. The molecule has 3 nitrogen and oxygen atoms in total. The summed E-state index contributed by atoms with van der Waals surface area (Å²) in [5.74, 6) is 0.811. The third kappa shape index (κ3) is 4.65. The Kier molecular flexibility index (Phi) is 6.79. The summed E-state index contributed by atoms with van der Waals surface area (Å²) in [6, 6.07) is 2.13. The van der Waals surface area contributed by atoms with Crippen LogP contribution in [0, 0.1) is 0 Å². The van der Waals surface area contributed by atoms with Crippen LogP contribution in [0.2, 0.25) is 0 Å². The Balaban J connectivity index is 2.52. The fourth-order valence-electron chi connectivity index (χ4n) is 1.82. The van der Waals surface area contributed by atoms with Gasteiger partial charge >= 0.3 is 0 Å². The molecule has 1 rings (SSSR count). The third-order valence-corrected chi connectivity index (χ3v) is 4.65. The van der Waals surface area contributed by atoms with Crippen LogP contribution in [0.25, 0.3) is 0 Å². The molecular formula is C14H26N2OS. The van der Waals surface area contributed by atoms with Gasteiger partial charge < -0.3 is 5.11 Å². The lowest BCUT2D eigenvalue weighted by Crippen LogP contribution is -2.18. The van der Waals surface area contributed by atoms with Gasteiger partial charge in [-0.3, -0.25) is 4.68 Å². The van der Waals surface area contributed by atoms with E-state index < -0.39 is 0 Å². The number of aryl methyl sites for hydroxylation is 2. The molecule has 2 unspecified atom stereocenters. The van der Waals surface area contributed by atoms with Crippen LogP contribution in [-0.2, 0) is 19.4 Å². The maximum Gasteiger partial charge on any atom is 0.0685 e. The lowest BCUT2D eigenvalue weighted by atomic mass is 10.2. The van der Waals surface area contributed by atoms with E-state index in [1.807, 2.05) is 16.4 Å². The first-order valence-corrected chi connectivity index (χ1v) is 8.00. The molecule has 0 spiro atoms. The molecule has 0 aromatic carbocycles. The second-order valence-corrected chi connectivity index (χ2v) is 6.18. The zero-order valence-electron chi connectivity index (χ0n) is 12.0. The van der Waals surface area contributed by atoms with Crippen molar-refractivity contribution in [2.75, 3.05) is 5.75 Å². The fraction of sp³-hybridized carbons (Fsp3) is 0.786. The lowest BCUT2D eigenvalue weighted by Gasteiger charge is -2.14. The monoisotopic (exact) mass is 270 g/mol. The van der Waals surface area contributed by atoms with Crippen molar-refractivity contribution >= 4 is 11.8 Å². The molecule has 0 saturated heterocycles. The summed E-state index contributed by atoms with van der Waals surface area (Å²) in [6.45, 7) is 9.48. The molecule has 0 radical (unpaired) electrons. The Morgan fingerprint density at radius 1 is 1.39 bits per heavy atom. The molecule has 1 aromatic heterocycles. The highest BCUT2D eigenvalue weighted by Crippen LogP contribution is 2.17. The molecule has 1 N–H and O–H groups in total. The number of aliphatic hydroxyl groups is 1. The molecule has 0 bridgehead atoms. The molecule has 18 heavy (non-hydrogen) atoms. The SMILES string of the molecule is CCc1cc(CC(O)CSC(C)CC)n(CC)n1. The van der Waals surface area contributed by atoms with Gasteiger partial charge in [-0.25, -0.2) is 0 Å². The summed E-state index contributed by atoms with van der Waals surface area (Å²) in [4.78, 5) is 0. The van der Waals surface area contributed by atoms with Crippen molar-refractivity contribution < 1.29 is 5.11 Å². The zero-order chi connectivity index (χ0) is 13.5. The van der Waals surface area contributed by atoms with E-state index in [9.17, 15) is 5.11 Å². The Hall–Kier alpha value is -0.480. The molecule has 1 aromatic rings. The van der Waals surface area contributed by atoms with Gasteiger partial charge in [0, 0.05) is 29.7 Å². The summed E-state index contributed by atoms with van der Waals surface area (Å²) in [5, 5.41) is 15.2. The molecule has 0 fully saturated rings. The first kappa shape index (κ1) is 15.6. The van der Waals surface area contributed by atoms with Crippen LogP contribution < -0.4 is 0 Å². The zero-order valence-corrected chi connectivity index (χ0v) is 12.8. The largest absolute Gasteiger partial charge is 0.392 e. The van der Waals surface area contributed by atoms with Gasteiger partial charge in [-0.2, -0.15) is 16.9 Å². The van der Waals surface area contributed by atoms with Gasteiger partial charge in [0.05, 0.1) is 11.8 Å². The van der Waals surface area contributed by atoms with Crippen LogP contribution in [0.5, 0.6) is 0 Å². The predicted octanol–water partition coefficient (Wildman–Crippen LogP) is 2.90. The molecule has 0 aliphatic carbocycles. The molecular weight excluding hydrogens is 244 g/mol.